The second-order valence-corrected chi connectivity index (χ2v) is 7.44. The van der Waals surface area contributed by atoms with Crippen LogP contribution in [0.2, 0.25) is 5.02 Å². The van der Waals surface area contributed by atoms with Crippen molar-refractivity contribution in [2.24, 2.45) is 0 Å². The van der Waals surface area contributed by atoms with Crippen LogP contribution in [0.1, 0.15) is 17.4 Å². The van der Waals surface area contributed by atoms with Crippen molar-refractivity contribution in [1.29, 1.82) is 0 Å². The molecule has 128 valence electrons. The molecule has 0 aliphatic carbocycles. The molecule has 0 aliphatic heterocycles. The zero-order valence-electron chi connectivity index (χ0n) is 13.2. The summed E-state index contributed by atoms with van der Waals surface area (Å²) >= 11 is 9.16. The van der Waals surface area contributed by atoms with Crippen molar-refractivity contribution in [3.05, 3.63) is 57.2 Å². The Kier molecular flexibility index (Phi) is 7.62. The van der Waals surface area contributed by atoms with E-state index in [-0.39, 0.29) is 11.7 Å². The number of carbonyl (C=O) groups is 2. The molecule has 0 spiro atoms. The highest BCUT2D eigenvalue weighted by Gasteiger charge is 2.17. The van der Waals surface area contributed by atoms with Gasteiger partial charge in [-0.1, -0.05) is 35.9 Å². The van der Waals surface area contributed by atoms with Gasteiger partial charge in [0, 0.05) is 22.2 Å². The van der Waals surface area contributed by atoms with Crippen LogP contribution >= 0.6 is 34.7 Å². The minimum atomic E-state index is -0.831. The predicted molar refractivity (Wildman–Crippen MR) is 99.3 cm³/mol. The lowest BCUT2D eigenvalue weighted by atomic mass is 10.2. The second kappa shape index (κ2) is 9.71. The maximum absolute atomic E-state index is 12.0. The Bertz CT molecular complexity index is 676. The second-order valence-electron chi connectivity index (χ2n) is 5.01. The largest absolute Gasteiger partial charge is 0.452 e. The number of nitrogens with one attached hydrogen (secondary N) is 1. The molecule has 1 heterocycles. The molecule has 0 fully saturated rings. The number of thioether (sulfide) groups is 1. The van der Waals surface area contributed by atoms with E-state index >= 15 is 0 Å². The van der Waals surface area contributed by atoms with E-state index in [4.69, 9.17) is 16.3 Å². The van der Waals surface area contributed by atoms with Gasteiger partial charge >= 0.3 is 5.97 Å². The molecule has 1 aromatic heterocycles. The molecule has 1 atom stereocenters. The molecule has 7 heteroatoms. The van der Waals surface area contributed by atoms with Crippen LogP contribution in [-0.4, -0.2) is 23.7 Å². The molecule has 0 saturated carbocycles. The third-order valence-corrected chi connectivity index (χ3v) is 5.52. The van der Waals surface area contributed by atoms with Gasteiger partial charge in [-0.05, 0) is 30.0 Å². The topological polar surface area (TPSA) is 55.4 Å². The van der Waals surface area contributed by atoms with Gasteiger partial charge in [-0.3, -0.25) is 9.59 Å². The fraction of sp³-hybridized carbons (Fsp3) is 0.294. The summed E-state index contributed by atoms with van der Waals surface area (Å²) in [6.07, 6.45) is -0.831. The van der Waals surface area contributed by atoms with Crippen LogP contribution in [-0.2, 0) is 26.6 Å². The number of hydrogen-bond donors (Lipinski definition) is 1. The molecule has 0 saturated heterocycles. The summed E-state index contributed by atoms with van der Waals surface area (Å²) in [7, 11) is 0. The van der Waals surface area contributed by atoms with Crippen molar-refractivity contribution >= 4 is 46.6 Å². The van der Waals surface area contributed by atoms with E-state index in [2.05, 4.69) is 5.32 Å². The van der Waals surface area contributed by atoms with Crippen molar-refractivity contribution in [3.63, 3.8) is 0 Å². The Morgan fingerprint density at radius 2 is 2.08 bits per heavy atom. The number of hydrogen-bond acceptors (Lipinski definition) is 5. The summed E-state index contributed by atoms with van der Waals surface area (Å²) < 4.78 is 5.15. The fourth-order valence-electron chi connectivity index (χ4n) is 1.88. The Balaban J connectivity index is 1.68. The molecule has 0 unspecified atom stereocenters. The Morgan fingerprint density at radius 1 is 1.29 bits per heavy atom. The van der Waals surface area contributed by atoms with Crippen molar-refractivity contribution in [1.82, 2.24) is 5.32 Å². The monoisotopic (exact) mass is 383 g/mol. The Labute approximate surface area is 154 Å². The summed E-state index contributed by atoms with van der Waals surface area (Å²) in [6.45, 7) is 1.86. The van der Waals surface area contributed by atoms with E-state index in [1.807, 2.05) is 35.7 Å². The van der Waals surface area contributed by atoms with E-state index in [1.54, 1.807) is 24.3 Å². The molecule has 2 rings (SSSR count). The molecular formula is C17H18ClNO3S2. The summed E-state index contributed by atoms with van der Waals surface area (Å²) in [5.74, 6) is 0.253. The molecule has 2 aromatic rings. The van der Waals surface area contributed by atoms with Crippen molar-refractivity contribution < 1.29 is 14.3 Å². The first-order valence-corrected chi connectivity index (χ1v) is 9.78. The number of esters is 1. The maximum Gasteiger partial charge on any atom is 0.316 e. The number of amides is 1. The standard InChI is InChI=1S/C17H18ClNO3S2/c1-12(17(21)19-9-13-5-2-3-7-15(13)18)22-16(20)11-23-10-14-6-4-8-24-14/h2-8,12H,9-11H2,1H3,(H,19,21)/t12-/m1/s1. The zero-order chi connectivity index (χ0) is 17.4. The average Bonchev–Trinajstić information content (AvgIpc) is 3.07. The Hall–Kier alpha value is -1.50. The minimum absolute atomic E-state index is 0.222. The average molecular weight is 384 g/mol. The smallest absolute Gasteiger partial charge is 0.316 e. The highest BCUT2D eigenvalue weighted by atomic mass is 35.5. The predicted octanol–water partition coefficient (Wildman–Crippen LogP) is 3.88. The fourth-order valence-corrected chi connectivity index (χ4v) is 3.73. The Morgan fingerprint density at radius 3 is 2.79 bits per heavy atom. The first-order valence-electron chi connectivity index (χ1n) is 7.37. The van der Waals surface area contributed by atoms with E-state index in [1.165, 1.54) is 16.6 Å². The van der Waals surface area contributed by atoms with Crippen LogP contribution in [0.25, 0.3) is 0 Å². The number of ether oxygens (including phenoxy) is 1. The number of rotatable bonds is 8. The van der Waals surface area contributed by atoms with Gasteiger partial charge < -0.3 is 10.1 Å². The van der Waals surface area contributed by atoms with Gasteiger partial charge in [-0.15, -0.1) is 23.1 Å². The van der Waals surface area contributed by atoms with Crippen LogP contribution in [0, 0.1) is 0 Å². The lowest BCUT2D eigenvalue weighted by molar-refractivity contribution is -0.152. The number of benzene rings is 1. The molecule has 1 aromatic carbocycles. The molecule has 24 heavy (non-hydrogen) atoms. The first kappa shape index (κ1) is 18.8. The van der Waals surface area contributed by atoms with Gasteiger partial charge in [0.25, 0.3) is 5.91 Å². The SMILES string of the molecule is C[C@@H](OC(=O)CSCc1cccs1)C(=O)NCc1ccccc1Cl. The van der Waals surface area contributed by atoms with Gasteiger partial charge in [-0.2, -0.15) is 0 Å². The molecule has 0 bridgehead atoms. The normalized spacial score (nSPS) is 11.8. The number of carbonyl (C=O) groups excluding carboxylic acids is 2. The summed E-state index contributed by atoms with van der Waals surface area (Å²) in [4.78, 5) is 25.0. The van der Waals surface area contributed by atoms with Gasteiger partial charge in [0.2, 0.25) is 0 Å². The van der Waals surface area contributed by atoms with Crippen LogP contribution in [0.15, 0.2) is 41.8 Å². The van der Waals surface area contributed by atoms with Crippen molar-refractivity contribution in [3.8, 4) is 0 Å². The molecule has 4 nitrogen and oxygen atoms in total. The molecule has 1 N–H and O–H groups in total. The van der Waals surface area contributed by atoms with Crippen molar-refractivity contribution in [2.45, 2.75) is 25.3 Å². The third-order valence-electron chi connectivity index (χ3n) is 3.13. The number of thiophene rings is 1. The van der Waals surface area contributed by atoms with E-state index < -0.39 is 12.1 Å². The van der Waals surface area contributed by atoms with Crippen LogP contribution < -0.4 is 5.32 Å². The lowest BCUT2D eigenvalue weighted by Crippen LogP contribution is -2.35. The van der Waals surface area contributed by atoms with Gasteiger partial charge in [0.1, 0.15) is 0 Å². The first-order chi connectivity index (χ1) is 11.6. The highest BCUT2D eigenvalue weighted by Crippen LogP contribution is 2.17. The van der Waals surface area contributed by atoms with Gasteiger partial charge in [0.05, 0.1) is 5.75 Å². The summed E-state index contributed by atoms with van der Waals surface area (Å²) in [5, 5.41) is 5.31. The molecule has 0 aliphatic rings. The third kappa shape index (κ3) is 6.19. The summed E-state index contributed by atoms with van der Waals surface area (Å²) in [6, 6.07) is 11.3. The van der Waals surface area contributed by atoms with Gasteiger partial charge in [-0.25, -0.2) is 0 Å². The zero-order valence-corrected chi connectivity index (χ0v) is 15.5. The maximum atomic E-state index is 12.0. The molecular weight excluding hydrogens is 366 g/mol. The highest BCUT2D eigenvalue weighted by molar-refractivity contribution is 7.99. The van der Waals surface area contributed by atoms with Gasteiger partial charge in [0.15, 0.2) is 6.10 Å². The minimum Gasteiger partial charge on any atom is -0.452 e. The van der Waals surface area contributed by atoms with E-state index in [9.17, 15) is 9.59 Å². The van der Waals surface area contributed by atoms with E-state index in [0.717, 1.165) is 11.3 Å². The van der Waals surface area contributed by atoms with Crippen LogP contribution in [0.5, 0.6) is 0 Å². The molecule has 1 amide bonds. The molecule has 0 radical (unpaired) electrons. The quantitative estimate of drug-likeness (QED) is 0.703. The number of halogens is 1. The van der Waals surface area contributed by atoms with Crippen LogP contribution in [0.4, 0.5) is 0 Å². The summed E-state index contributed by atoms with van der Waals surface area (Å²) in [5.41, 5.74) is 0.817. The van der Waals surface area contributed by atoms with Crippen molar-refractivity contribution in [2.75, 3.05) is 5.75 Å². The van der Waals surface area contributed by atoms with E-state index in [0.29, 0.717) is 11.6 Å². The van der Waals surface area contributed by atoms with Crippen LogP contribution in [0.3, 0.4) is 0 Å². The lowest BCUT2D eigenvalue weighted by Gasteiger charge is -2.14.